The molecule has 5 nitrogen and oxygen atoms in total. The molecule has 3 aromatic rings. The van der Waals surface area contributed by atoms with Crippen molar-refractivity contribution in [2.45, 2.75) is 55.3 Å². The topological polar surface area (TPSA) is 57.7 Å². The maximum Gasteiger partial charge on any atom is 0.166 e. The average Bonchev–Trinajstić information content (AvgIpc) is 3.44. The Morgan fingerprint density at radius 1 is 1.22 bits per heavy atom. The first-order valence-electron chi connectivity index (χ1n) is 12.1. The van der Waals surface area contributed by atoms with Crippen LogP contribution in [0.5, 0.6) is 11.5 Å². The maximum atomic E-state index is 12.8. The molecule has 0 radical (unpaired) electrons. The number of benzene rings is 2. The van der Waals surface area contributed by atoms with Gasteiger partial charge in [0.05, 0.1) is 23.8 Å². The summed E-state index contributed by atoms with van der Waals surface area (Å²) < 4.78 is 12.6. The number of hydrogen-bond acceptors (Lipinski definition) is 4. The molecule has 1 aromatic heterocycles. The van der Waals surface area contributed by atoms with E-state index in [9.17, 15) is 5.11 Å². The highest BCUT2D eigenvalue weighted by molar-refractivity contribution is 5.86. The number of nitrogens with zero attached hydrogens (tertiary/aromatic N) is 1. The highest BCUT2D eigenvalue weighted by Gasteiger charge is 2.72. The molecule has 1 saturated heterocycles. The lowest BCUT2D eigenvalue weighted by molar-refractivity contribution is -0.173. The van der Waals surface area contributed by atoms with Crippen LogP contribution in [0.15, 0.2) is 36.4 Å². The normalized spacial score (nSPS) is 34.2. The minimum Gasteiger partial charge on any atom is -0.493 e. The van der Waals surface area contributed by atoms with E-state index in [1.165, 1.54) is 34.9 Å². The zero-order valence-electron chi connectivity index (χ0n) is 18.4. The van der Waals surface area contributed by atoms with Crippen molar-refractivity contribution in [1.82, 2.24) is 9.88 Å². The van der Waals surface area contributed by atoms with Gasteiger partial charge in [-0.1, -0.05) is 24.3 Å². The van der Waals surface area contributed by atoms with Crippen molar-refractivity contribution in [2.75, 3.05) is 20.2 Å². The largest absolute Gasteiger partial charge is 0.493 e. The molecule has 3 aliphatic carbocycles. The summed E-state index contributed by atoms with van der Waals surface area (Å²) in [4.78, 5) is 6.32. The van der Waals surface area contributed by atoms with Gasteiger partial charge in [0.15, 0.2) is 17.6 Å². The Hall–Kier alpha value is -2.50. The summed E-state index contributed by atoms with van der Waals surface area (Å²) in [5, 5.41) is 14.0. The number of aliphatic hydroxyl groups is 1. The zero-order chi connectivity index (χ0) is 21.2. The fourth-order valence-electron chi connectivity index (χ4n) is 7.72. The second-order valence-electron chi connectivity index (χ2n) is 10.7. The molecule has 3 heterocycles. The van der Waals surface area contributed by atoms with Gasteiger partial charge in [0.1, 0.15) is 0 Å². The molecule has 32 heavy (non-hydrogen) atoms. The van der Waals surface area contributed by atoms with Crippen LogP contribution in [0.4, 0.5) is 0 Å². The lowest BCUT2D eigenvalue weighted by atomic mass is 9.49. The summed E-state index contributed by atoms with van der Waals surface area (Å²) >= 11 is 0. The van der Waals surface area contributed by atoms with Crippen molar-refractivity contribution in [3.8, 4) is 11.5 Å². The molecule has 2 aromatic carbocycles. The monoisotopic (exact) mass is 428 g/mol. The number of hydrogen-bond donors (Lipinski definition) is 2. The van der Waals surface area contributed by atoms with Crippen molar-refractivity contribution in [1.29, 1.82) is 0 Å². The fraction of sp³-hybridized carbons (Fsp3) is 0.481. The third-order valence-electron chi connectivity index (χ3n) is 9.27. The Labute approximate surface area is 187 Å². The van der Waals surface area contributed by atoms with Crippen molar-refractivity contribution in [3.05, 3.63) is 58.8 Å². The standard InChI is InChI=1S/C27H28N2O3/c1-31-20-9-8-16-12-21-27(30)13-18-17-4-2-3-5-19(17)28-23(18)25-26(27,22(16)24(20)32-25)10-11-29(21)14-15-6-7-15/h2-5,8-9,15,21,25,28,30H,6-7,10-14H2,1H3/t21-,25+,26?,27-/m1/s1. The quantitative estimate of drug-likeness (QED) is 0.665. The van der Waals surface area contributed by atoms with Crippen molar-refractivity contribution in [3.63, 3.8) is 0 Å². The van der Waals surface area contributed by atoms with Gasteiger partial charge in [0, 0.05) is 35.5 Å². The van der Waals surface area contributed by atoms with Crippen molar-refractivity contribution < 1.29 is 14.6 Å². The maximum absolute atomic E-state index is 12.8. The van der Waals surface area contributed by atoms with Gasteiger partial charge in [0.2, 0.25) is 0 Å². The molecule has 1 spiro atoms. The second kappa shape index (κ2) is 5.70. The van der Waals surface area contributed by atoms with Crippen LogP contribution in [0.2, 0.25) is 0 Å². The molecule has 2 bridgehead atoms. The highest BCUT2D eigenvalue weighted by Crippen LogP contribution is 2.69. The SMILES string of the molecule is COc1ccc2c3c1O[C@H]1c4[nH]c5ccccc5c4C[C@@]4(O)[C@@H](C2)N(CC2CC2)CCC314. The van der Waals surface area contributed by atoms with E-state index in [4.69, 9.17) is 9.47 Å². The molecular weight excluding hydrogens is 400 g/mol. The van der Waals surface area contributed by atoms with Crippen LogP contribution in [-0.4, -0.2) is 46.8 Å². The number of fused-ring (bicyclic) bond motifs is 4. The van der Waals surface area contributed by atoms with Crippen LogP contribution in [0.3, 0.4) is 0 Å². The van der Waals surface area contributed by atoms with Gasteiger partial charge < -0.3 is 19.6 Å². The molecule has 8 rings (SSSR count). The Kier molecular flexibility index (Phi) is 3.20. The van der Waals surface area contributed by atoms with Crippen LogP contribution in [0, 0.1) is 5.92 Å². The van der Waals surface area contributed by atoms with Crippen molar-refractivity contribution >= 4 is 10.9 Å². The Balaban J connectivity index is 1.42. The van der Waals surface area contributed by atoms with Gasteiger partial charge in [0.25, 0.3) is 0 Å². The number of piperidine rings is 1. The van der Waals surface area contributed by atoms with E-state index >= 15 is 0 Å². The third kappa shape index (κ3) is 1.91. The zero-order valence-corrected chi connectivity index (χ0v) is 18.4. The molecule has 0 amide bonds. The number of methoxy groups -OCH3 is 1. The number of likely N-dealkylation sites (tertiary alicyclic amines) is 1. The van der Waals surface area contributed by atoms with Gasteiger partial charge in [-0.3, -0.25) is 4.90 Å². The van der Waals surface area contributed by atoms with Gasteiger partial charge in [-0.2, -0.15) is 0 Å². The molecule has 2 fully saturated rings. The minimum absolute atomic E-state index is 0.122. The second-order valence-corrected chi connectivity index (χ2v) is 10.7. The Morgan fingerprint density at radius 3 is 2.94 bits per heavy atom. The summed E-state index contributed by atoms with van der Waals surface area (Å²) in [6, 6.07) is 12.9. The van der Waals surface area contributed by atoms with E-state index in [1.807, 2.05) is 0 Å². The van der Waals surface area contributed by atoms with E-state index in [0.717, 1.165) is 54.6 Å². The Bertz CT molecular complexity index is 1290. The van der Waals surface area contributed by atoms with Crippen molar-refractivity contribution in [2.24, 2.45) is 5.92 Å². The fourth-order valence-corrected chi connectivity index (χ4v) is 7.72. The summed E-state index contributed by atoms with van der Waals surface area (Å²) in [5.41, 5.74) is 4.78. The van der Waals surface area contributed by atoms with E-state index in [1.54, 1.807) is 7.11 Å². The predicted octanol–water partition coefficient (Wildman–Crippen LogP) is 3.88. The van der Waals surface area contributed by atoms with Crippen LogP contribution in [0.1, 0.15) is 47.8 Å². The first kappa shape index (κ1) is 18.0. The molecule has 2 aliphatic heterocycles. The number of para-hydroxylation sites is 1. The molecule has 164 valence electrons. The molecule has 1 saturated carbocycles. The Morgan fingerprint density at radius 2 is 2.09 bits per heavy atom. The first-order valence-corrected chi connectivity index (χ1v) is 12.1. The van der Waals surface area contributed by atoms with Gasteiger partial charge in [-0.25, -0.2) is 0 Å². The molecule has 2 N–H and O–H groups in total. The minimum atomic E-state index is -0.854. The molecule has 5 heteroatoms. The lowest BCUT2D eigenvalue weighted by Gasteiger charge is -2.62. The van der Waals surface area contributed by atoms with Crippen LogP contribution in [-0.2, 0) is 18.3 Å². The lowest BCUT2D eigenvalue weighted by Crippen LogP contribution is -2.74. The van der Waals surface area contributed by atoms with Crippen LogP contribution >= 0.6 is 0 Å². The predicted molar refractivity (Wildman–Crippen MR) is 121 cm³/mol. The number of nitrogens with one attached hydrogen (secondary N) is 1. The van der Waals surface area contributed by atoms with Crippen LogP contribution in [0.25, 0.3) is 10.9 Å². The number of aromatic amines is 1. The van der Waals surface area contributed by atoms with Gasteiger partial charge in [-0.05, 0) is 61.4 Å². The third-order valence-corrected chi connectivity index (χ3v) is 9.27. The molecular formula is C27H28N2O3. The molecule has 4 atom stereocenters. The summed E-state index contributed by atoms with van der Waals surface area (Å²) in [5.74, 6) is 2.45. The van der Waals surface area contributed by atoms with Gasteiger partial charge in [-0.15, -0.1) is 0 Å². The highest BCUT2D eigenvalue weighted by atomic mass is 16.5. The van der Waals surface area contributed by atoms with E-state index < -0.39 is 11.0 Å². The number of H-pyrrole nitrogens is 1. The smallest absolute Gasteiger partial charge is 0.166 e. The number of ether oxygens (including phenoxy) is 2. The van der Waals surface area contributed by atoms with Gasteiger partial charge >= 0.3 is 0 Å². The summed E-state index contributed by atoms with van der Waals surface area (Å²) in [6.45, 7) is 2.14. The molecule has 5 aliphatic rings. The first-order chi connectivity index (χ1) is 15.6. The molecule has 1 unspecified atom stereocenters. The van der Waals surface area contributed by atoms with E-state index in [0.29, 0.717) is 6.42 Å². The van der Waals surface area contributed by atoms with E-state index in [2.05, 4.69) is 46.3 Å². The summed E-state index contributed by atoms with van der Waals surface area (Å²) in [6.07, 6.45) is 4.93. The number of rotatable bonds is 3. The average molecular weight is 429 g/mol. The van der Waals surface area contributed by atoms with Crippen LogP contribution < -0.4 is 9.47 Å². The summed E-state index contributed by atoms with van der Waals surface area (Å²) in [7, 11) is 1.71. The van der Waals surface area contributed by atoms with E-state index in [-0.39, 0.29) is 12.1 Å². The number of aromatic nitrogens is 1.